The molecule has 0 saturated carbocycles. The molecule has 0 unspecified atom stereocenters. The van der Waals surface area contributed by atoms with Gasteiger partial charge in [-0.1, -0.05) is 28.9 Å². The molecule has 1 aromatic heterocycles. The fourth-order valence-electron chi connectivity index (χ4n) is 3.27. The van der Waals surface area contributed by atoms with Crippen LogP contribution in [0.1, 0.15) is 47.6 Å². The standard InChI is InChI=1S/C18H24ClN5O/c1-3-23(12-14-5-4-6-15(19)11-14)18(25)17-13(2)24(22-21-17)16-7-9-20-10-8-16/h4-6,11,16,20H,3,7-10,12H2,1-2H3. The Hall–Kier alpha value is -1.92. The van der Waals surface area contributed by atoms with E-state index in [-0.39, 0.29) is 5.91 Å². The van der Waals surface area contributed by atoms with Gasteiger partial charge in [0.2, 0.25) is 0 Å². The maximum absolute atomic E-state index is 12.9. The summed E-state index contributed by atoms with van der Waals surface area (Å²) < 4.78 is 1.92. The van der Waals surface area contributed by atoms with Crippen LogP contribution >= 0.6 is 11.6 Å². The van der Waals surface area contributed by atoms with Crippen molar-refractivity contribution in [1.29, 1.82) is 0 Å². The van der Waals surface area contributed by atoms with Gasteiger partial charge in [0.1, 0.15) is 0 Å². The second-order valence-corrected chi connectivity index (χ2v) is 6.83. The van der Waals surface area contributed by atoms with Crippen molar-refractivity contribution in [3.8, 4) is 0 Å². The third kappa shape index (κ3) is 4.02. The zero-order valence-electron chi connectivity index (χ0n) is 14.7. The molecule has 2 heterocycles. The summed E-state index contributed by atoms with van der Waals surface area (Å²) in [7, 11) is 0. The highest BCUT2D eigenvalue weighted by atomic mass is 35.5. The van der Waals surface area contributed by atoms with Gasteiger partial charge in [0, 0.05) is 18.1 Å². The Kier molecular flexibility index (Phi) is 5.71. The smallest absolute Gasteiger partial charge is 0.276 e. The van der Waals surface area contributed by atoms with E-state index in [9.17, 15) is 4.79 Å². The lowest BCUT2D eigenvalue weighted by Gasteiger charge is -2.24. The number of halogens is 1. The number of piperidine rings is 1. The van der Waals surface area contributed by atoms with Gasteiger partial charge in [-0.15, -0.1) is 5.10 Å². The molecule has 134 valence electrons. The van der Waals surface area contributed by atoms with E-state index < -0.39 is 0 Å². The van der Waals surface area contributed by atoms with E-state index in [0.717, 1.165) is 37.2 Å². The fourth-order valence-corrected chi connectivity index (χ4v) is 3.48. The average Bonchev–Trinajstić information content (AvgIpc) is 3.01. The molecule has 0 spiro atoms. The van der Waals surface area contributed by atoms with Crippen molar-refractivity contribution in [3.05, 3.63) is 46.2 Å². The number of carbonyl (C=O) groups is 1. The highest BCUT2D eigenvalue weighted by Crippen LogP contribution is 2.21. The number of rotatable bonds is 5. The van der Waals surface area contributed by atoms with Crippen LogP contribution in [0.4, 0.5) is 0 Å². The Balaban J connectivity index is 1.77. The van der Waals surface area contributed by atoms with Crippen LogP contribution in [0, 0.1) is 6.92 Å². The first-order valence-corrected chi connectivity index (χ1v) is 9.14. The minimum atomic E-state index is -0.0832. The largest absolute Gasteiger partial charge is 0.333 e. The predicted octanol–water partition coefficient (Wildman–Crippen LogP) is 2.83. The molecule has 0 atom stereocenters. The van der Waals surface area contributed by atoms with Crippen LogP contribution in [0.2, 0.25) is 5.02 Å². The number of nitrogens with zero attached hydrogens (tertiary/aromatic N) is 4. The summed E-state index contributed by atoms with van der Waals surface area (Å²) in [6.07, 6.45) is 2.02. The molecule has 3 rings (SSSR count). The summed E-state index contributed by atoms with van der Waals surface area (Å²) >= 11 is 6.05. The van der Waals surface area contributed by atoms with Crippen LogP contribution in [-0.2, 0) is 6.54 Å². The minimum absolute atomic E-state index is 0.0832. The normalized spacial score (nSPS) is 15.3. The SMILES string of the molecule is CCN(Cc1cccc(Cl)c1)C(=O)c1nnn(C2CCNCC2)c1C. The van der Waals surface area contributed by atoms with Crippen LogP contribution in [-0.4, -0.2) is 45.4 Å². The van der Waals surface area contributed by atoms with Crippen LogP contribution in [0.25, 0.3) is 0 Å². The molecule has 0 radical (unpaired) electrons. The maximum Gasteiger partial charge on any atom is 0.276 e. The summed E-state index contributed by atoms with van der Waals surface area (Å²) in [5.41, 5.74) is 2.30. The van der Waals surface area contributed by atoms with E-state index in [0.29, 0.717) is 29.8 Å². The van der Waals surface area contributed by atoms with Crippen molar-refractivity contribution in [2.75, 3.05) is 19.6 Å². The monoisotopic (exact) mass is 361 g/mol. The summed E-state index contributed by atoms with van der Waals surface area (Å²) in [5.74, 6) is -0.0832. The van der Waals surface area contributed by atoms with Crippen molar-refractivity contribution < 1.29 is 4.79 Å². The molecule has 1 aliphatic heterocycles. The van der Waals surface area contributed by atoms with Crippen LogP contribution in [0.15, 0.2) is 24.3 Å². The quantitative estimate of drug-likeness (QED) is 0.889. The Morgan fingerprint density at radius 1 is 1.40 bits per heavy atom. The minimum Gasteiger partial charge on any atom is -0.333 e. The van der Waals surface area contributed by atoms with E-state index in [1.807, 2.05) is 42.8 Å². The van der Waals surface area contributed by atoms with Crippen molar-refractivity contribution in [3.63, 3.8) is 0 Å². The molecule has 6 nitrogen and oxygen atoms in total. The first-order valence-electron chi connectivity index (χ1n) is 8.76. The number of hydrogen-bond acceptors (Lipinski definition) is 4. The van der Waals surface area contributed by atoms with E-state index in [1.54, 1.807) is 4.90 Å². The van der Waals surface area contributed by atoms with E-state index >= 15 is 0 Å². The molecule has 1 aromatic carbocycles. The molecular formula is C18H24ClN5O. The van der Waals surface area contributed by atoms with Gasteiger partial charge in [0.25, 0.3) is 5.91 Å². The molecule has 1 N–H and O–H groups in total. The van der Waals surface area contributed by atoms with E-state index in [4.69, 9.17) is 11.6 Å². The molecular weight excluding hydrogens is 338 g/mol. The van der Waals surface area contributed by atoms with Crippen molar-refractivity contribution in [2.45, 2.75) is 39.3 Å². The van der Waals surface area contributed by atoms with Gasteiger partial charge in [-0.3, -0.25) is 4.79 Å². The molecule has 2 aromatic rings. The van der Waals surface area contributed by atoms with Gasteiger partial charge in [-0.25, -0.2) is 4.68 Å². The van der Waals surface area contributed by atoms with Gasteiger partial charge in [0.15, 0.2) is 5.69 Å². The lowest BCUT2D eigenvalue weighted by molar-refractivity contribution is 0.0745. The Morgan fingerprint density at radius 2 is 2.16 bits per heavy atom. The number of aromatic nitrogens is 3. The Labute approximate surface area is 153 Å². The van der Waals surface area contributed by atoms with Gasteiger partial charge in [-0.2, -0.15) is 0 Å². The number of nitrogens with one attached hydrogen (secondary N) is 1. The van der Waals surface area contributed by atoms with Crippen molar-refractivity contribution >= 4 is 17.5 Å². The number of carbonyl (C=O) groups excluding carboxylic acids is 1. The fraction of sp³-hybridized carbons (Fsp3) is 0.500. The zero-order chi connectivity index (χ0) is 17.8. The Morgan fingerprint density at radius 3 is 2.84 bits per heavy atom. The highest BCUT2D eigenvalue weighted by Gasteiger charge is 2.25. The summed E-state index contributed by atoms with van der Waals surface area (Å²) in [5, 5.41) is 12.5. The first kappa shape index (κ1) is 17.9. The van der Waals surface area contributed by atoms with Crippen molar-refractivity contribution in [2.24, 2.45) is 0 Å². The second kappa shape index (κ2) is 7.97. The molecule has 25 heavy (non-hydrogen) atoms. The first-order chi connectivity index (χ1) is 12.1. The third-order valence-electron chi connectivity index (χ3n) is 4.72. The average molecular weight is 362 g/mol. The molecule has 0 bridgehead atoms. The van der Waals surface area contributed by atoms with Gasteiger partial charge in [0.05, 0.1) is 11.7 Å². The van der Waals surface area contributed by atoms with Gasteiger partial charge < -0.3 is 10.2 Å². The second-order valence-electron chi connectivity index (χ2n) is 6.40. The zero-order valence-corrected chi connectivity index (χ0v) is 15.5. The van der Waals surface area contributed by atoms with E-state index in [1.165, 1.54) is 0 Å². The summed E-state index contributed by atoms with van der Waals surface area (Å²) in [6.45, 7) is 6.96. The molecule has 1 aliphatic rings. The van der Waals surface area contributed by atoms with Crippen LogP contribution < -0.4 is 5.32 Å². The molecule has 1 fully saturated rings. The lowest BCUT2D eigenvalue weighted by atomic mass is 10.1. The third-order valence-corrected chi connectivity index (χ3v) is 4.95. The lowest BCUT2D eigenvalue weighted by Crippen LogP contribution is -2.32. The number of amides is 1. The van der Waals surface area contributed by atoms with Crippen LogP contribution in [0.3, 0.4) is 0 Å². The predicted molar refractivity (Wildman–Crippen MR) is 97.8 cm³/mol. The molecule has 0 aliphatic carbocycles. The highest BCUT2D eigenvalue weighted by molar-refractivity contribution is 6.30. The Bertz CT molecular complexity index is 739. The number of hydrogen-bond donors (Lipinski definition) is 1. The van der Waals surface area contributed by atoms with E-state index in [2.05, 4.69) is 15.6 Å². The molecule has 7 heteroatoms. The molecule has 1 saturated heterocycles. The number of benzene rings is 1. The summed E-state index contributed by atoms with van der Waals surface area (Å²) in [4.78, 5) is 14.7. The van der Waals surface area contributed by atoms with Gasteiger partial charge in [-0.05, 0) is 57.5 Å². The molecule has 1 amide bonds. The maximum atomic E-state index is 12.9. The van der Waals surface area contributed by atoms with Crippen molar-refractivity contribution in [1.82, 2.24) is 25.2 Å². The van der Waals surface area contributed by atoms with Crippen LogP contribution in [0.5, 0.6) is 0 Å². The topological polar surface area (TPSA) is 63.1 Å². The summed E-state index contributed by atoms with van der Waals surface area (Å²) in [6, 6.07) is 7.90. The van der Waals surface area contributed by atoms with Gasteiger partial charge >= 0.3 is 0 Å².